The number of nitrogens with zero attached hydrogens (tertiary/aromatic N) is 1. The van der Waals surface area contributed by atoms with Crippen molar-refractivity contribution < 1.29 is 19.4 Å². The number of hydrogen-bond donors (Lipinski definition) is 1. The minimum absolute atomic E-state index is 0.0421. The Morgan fingerprint density at radius 1 is 1.00 bits per heavy atom. The third-order valence-electron chi connectivity index (χ3n) is 8.87. The maximum Gasteiger partial charge on any atom is 0.138 e. The topological polar surface area (TPSA) is 73.9 Å². The second kappa shape index (κ2) is 12.0. The zero-order chi connectivity index (χ0) is 28.3. The first kappa shape index (κ1) is 28.2. The Morgan fingerprint density at radius 2 is 1.60 bits per heavy atom. The average molecular weight is 542 g/mol. The van der Waals surface area contributed by atoms with E-state index >= 15 is 0 Å². The van der Waals surface area contributed by atoms with Crippen molar-refractivity contribution in [2.75, 3.05) is 31.6 Å². The summed E-state index contributed by atoms with van der Waals surface area (Å²) in [4.78, 5) is 13.8. The van der Waals surface area contributed by atoms with Crippen LogP contribution >= 0.6 is 0 Å². The van der Waals surface area contributed by atoms with Crippen molar-refractivity contribution in [3.8, 4) is 5.75 Å². The predicted molar refractivity (Wildman–Crippen MR) is 157 cm³/mol. The lowest BCUT2D eigenvalue weighted by molar-refractivity contribution is -0.242. The van der Waals surface area contributed by atoms with Crippen LogP contribution in [-0.2, 0) is 11.2 Å². The van der Waals surface area contributed by atoms with Crippen LogP contribution in [0.1, 0.15) is 65.7 Å². The van der Waals surface area contributed by atoms with Crippen LogP contribution in [0.2, 0.25) is 0 Å². The summed E-state index contributed by atoms with van der Waals surface area (Å²) in [5.74, 6) is 1.47. The first-order valence-electron chi connectivity index (χ1n) is 14.5. The van der Waals surface area contributed by atoms with E-state index in [9.17, 15) is 9.90 Å². The molecule has 1 unspecified atom stereocenters. The smallest absolute Gasteiger partial charge is 0.138 e. The Kier molecular flexibility index (Phi) is 8.48. The molecule has 212 valence electrons. The number of carboxylic acid groups (broad SMARTS) is 1. The molecular weight excluding hydrogens is 500 g/mol. The molecule has 6 nitrogen and oxygen atoms in total. The highest BCUT2D eigenvalue weighted by molar-refractivity contribution is 5.85. The van der Waals surface area contributed by atoms with E-state index in [2.05, 4.69) is 65.7 Å². The molecule has 2 aliphatic heterocycles. The van der Waals surface area contributed by atoms with E-state index in [0.29, 0.717) is 11.6 Å². The van der Waals surface area contributed by atoms with Gasteiger partial charge in [0.1, 0.15) is 23.5 Å². The Labute approximate surface area is 238 Å². The van der Waals surface area contributed by atoms with Gasteiger partial charge in [0.25, 0.3) is 0 Å². The van der Waals surface area contributed by atoms with Crippen LogP contribution in [0, 0.1) is 26.7 Å². The molecule has 0 aromatic heterocycles. The summed E-state index contributed by atoms with van der Waals surface area (Å²) >= 11 is 0. The molecule has 0 aliphatic carbocycles. The molecule has 0 bridgehead atoms. The number of rotatable bonds is 9. The monoisotopic (exact) mass is 541 g/mol. The maximum absolute atomic E-state index is 11.3. The van der Waals surface area contributed by atoms with Gasteiger partial charge >= 0.3 is 0 Å². The van der Waals surface area contributed by atoms with E-state index in [1.807, 2.05) is 32.9 Å². The summed E-state index contributed by atoms with van der Waals surface area (Å²) in [5, 5.41) is 13.7. The molecule has 1 fully saturated rings. The molecule has 0 radical (unpaired) electrons. The normalized spacial score (nSPS) is 19.4. The first-order valence-corrected chi connectivity index (χ1v) is 14.5. The molecule has 0 spiro atoms. The van der Waals surface area contributed by atoms with Crippen molar-refractivity contribution >= 4 is 11.8 Å². The number of hydrogen-bond acceptors (Lipinski definition) is 5. The highest BCUT2D eigenvalue weighted by Crippen LogP contribution is 2.45. The third kappa shape index (κ3) is 6.18. The summed E-state index contributed by atoms with van der Waals surface area (Å²) in [6.45, 7) is 12.0. The summed E-state index contributed by atoms with van der Waals surface area (Å²) in [6, 6.07) is 21.0. The SMILES string of the molecule is Cc1c(C)c2c(c(C)c1NC(=O)[O-])CC(C)(CCN1CCC(COC(c3ccccc3)c3ccccc3)CC1)O2. The molecule has 3 aromatic rings. The highest BCUT2D eigenvalue weighted by Gasteiger charge is 2.38. The summed E-state index contributed by atoms with van der Waals surface area (Å²) in [5.41, 5.74) is 6.67. The molecule has 0 saturated carbocycles. The predicted octanol–water partition coefficient (Wildman–Crippen LogP) is 5.97. The van der Waals surface area contributed by atoms with E-state index in [1.54, 1.807) is 0 Å². The van der Waals surface area contributed by atoms with Crippen LogP contribution in [0.4, 0.5) is 10.5 Å². The number of amides is 1. The van der Waals surface area contributed by atoms with Gasteiger partial charge in [0.15, 0.2) is 0 Å². The van der Waals surface area contributed by atoms with E-state index in [4.69, 9.17) is 9.47 Å². The molecule has 1 N–H and O–H groups in total. The Hall–Kier alpha value is -3.35. The Balaban J connectivity index is 1.14. The number of carbonyl (C=O) groups is 1. The van der Waals surface area contributed by atoms with Crippen molar-refractivity contribution in [1.82, 2.24) is 4.90 Å². The van der Waals surface area contributed by atoms with Crippen LogP contribution in [0.25, 0.3) is 0 Å². The van der Waals surface area contributed by atoms with E-state index in [1.165, 1.54) is 11.1 Å². The molecule has 2 aliphatic rings. The number of anilines is 1. The summed E-state index contributed by atoms with van der Waals surface area (Å²) in [7, 11) is 0. The van der Waals surface area contributed by atoms with Gasteiger partial charge in [-0.2, -0.15) is 0 Å². The largest absolute Gasteiger partial charge is 0.530 e. The van der Waals surface area contributed by atoms with E-state index < -0.39 is 6.09 Å². The molecule has 6 heteroatoms. The number of likely N-dealkylation sites (tertiary alicyclic amines) is 1. The van der Waals surface area contributed by atoms with Crippen molar-refractivity contribution in [3.05, 3.63) is 94.0 Å². The number of carbonyl (C=O) groups excluding carboxylic acids is 1. The number of nitrogens with one attached hydrogen (secondary N) is 1. The molecule has 1 saturated heterocycles. The number of fused-ring (bicyclic) bond motifs is 1. The second-order valence-corrected chi connectivity index (χ2v) is 11.8. The molecule has 2 heterocycles. The van der Waals surface area contributed by atoms with Gasteiger partial charge < -0.3 is 29.6 Å². The molecule has 40 heavy (non-hydrogen) atoms. The lowest BCUT2D eigenvalue weighted by Crippen LogP contribution is -2.40. The quantitative estimate of drug-likeness (QED) is 0.361. The van der Waals surface area contributed by atoms with Gasteiger partial charge in [0, 0.05) is 24.2 Å². The van der Waals surface area contributed by atoms with Gasteiger partial charge in [0.05, 0.1) is 6.61 Å². The van der Waals surface area contributed by atoms with Crippen LogP contribution in [0.15, 0.2) is 60.7 Å². The van der Waals surface area contributed by atoms with Crippen molar-refractivity contribution in [3.63, 3.8) is 0 Å². The van der Waals surface area contributed by atoms with Crippen LogP contribution in [0.5, 0.6) is 5.75 Å². The lowest BCUT2D eigenvalue weighted by Gasteiger charge is -2.34. The average Bonchev–Trinajstić information content (AvgIpc) is 3.33. The minimum atomic E-state index is -1.28. The van der Waals surface area contributed by atoms with Gasteiger partial charge in [-0.05, 0) is 93.8 Å². The second-order valence-electron chi connectivity index (χ2n) is 11.8. The third-order valence-corrected chi connectivity index (χ3v) is 8.87. The first-order chi connectivity index (χ1) is 19.2. The number of piperidine rings is 1. The van der Waals surface area contributed by atoms with Gasteiger partial charge in [-0.25, -0.2) is 0 Å². The van der Waals surface area contributed by atoms with Gasteiger partial charge in [-0.15, -0.1) is 0 Å². The lowest BCUT2D eigenvalue weighted by atomic mass is 9.90. The highest BCUT2D eigenvalue weighted by atomic mass is 16.5. The van der Waals surface area contributed by atoms with Gasteiger partial charge in [0.2, 0.25) is 0 Å². The summed E-state index contributed by atoms with van der Waals surface area (Å²) in [6.07, 6.45) is 2.64. The van der Waals surface area contributed by atoms with Crippen LogP contribution in [0.3, 0.4) is 0 Å². The maximum atomic E-state index is 11.3. The fourth-order valence-electron chi connectivity index (χ4n) is 6.27. The molecular formula is C34H41N2O4-. The fraction of sp³-hybridized carbons (Fsp3) is 0.441. The van der Waals surface area contributed by atoms with Crippen LogP contribution < -0.4 is 15.2 Å². The summed E-state index contributed by atoms with van der Waals surface area (Å²) < 4.78 is 13.1. The Morgan fingerprint density at radius 3 is 2.17 bits per heavy atom. The number of ether oxygens (including phenoxy) is 2. The molecule has 1 atom stereocenters. The van der Waals surface area contributed by atoms with Gasteiger partial charge in [-0.1, -0.05) is 60.7 Å². The molecule has 5 rings (SSSR count). The molecule has 1 amide bonds. The standard InChI is InChI=1S/C34H42N2O4/c1-23-24(2)31-29(25(3)30(23)35-33(37)38)21-34(4,40-31)17-20-36-18-15-26(16-19-36)22-39-32(27-11-7-5-8-12-27)28-13-9-6-10-14-28/h5-14,26,32,35H,15-22H2,1-4H3,(H,37,38)/p-1. The minimum Gasteiger partial charge on any atom is -0.530 e. The van der Waals surface area contributed by atoms with Crippen molar-refractivity contribution in [2.24, 2.45) is 5.92 Å². The van der Waals surface area contributed by atoms with Crippen LogP contribution in [-0.4, -0.2) is 42.8 Å². The van der Waals surface area contributed by atoms with Crippen molar-refractivity contribution in [2.45, 2.75) is 65.1 Å². The van der Waals surface area contributed by atoms with E-state index in [-0.39, 0.29) is 11.7 Å². The zero-order valence-electron chi connectivity index (χ0n) is 24.2. The van der Waals surface area contributed by atoms with Crippen molar-refractivity contribution in [1.29, 1.82) is 0 Å². The Bertz CT molecular complexity index is 1280. The zero-order valence-corrected chi connectivity index (χ0v) is 24.2. The van der Waals surface area contributed by atoms with E-state index in [0.717, 1.165) is 79.9 Å². The molecule has 3 aromatic carbocycles. The fourth-order valence-corrected chi connectivity index (χ4v) is 6.27. The number of benzene rings is 3. The van der Waals surface area contributed by atoms with Gasteiger partial charge in [-0.3, -0.25) is 0 Å².